The maximum Gasteiger partial charge on any atom is 0.254 e. The topological polar surface area (TPSA) is 84.1 Å². The Balaban J connectivity index is 1.37. The molecular weight excluding hydrogens is 430 g/mol. The Bertz CT molecular complexity index is 1150. The minimum atomic E-state index is -0.334. The Hall–Kier alpha value is -3.52. The maximum atomic E-state index is 13.5. The van der Waals surface area contributed by atoms with Gasteiger partial charge >= 0.3 is 0 Å². The summed E-state index contributed by atoms with van der Waals surface area (Å²) in [5.41, 5.74) is 3.58. The van der Waals surface area contributed by atoms with Crippen LogP contribution in [0.4, 0.5) is 0 Å². The van der Waals surface area contributed by atoms with Crippen LogP contribution in [-0.4, -0.2) is 65.4 Å². The van der Waals surface area contributed by atoms with E-state index in [1.54, 1.807) is 4.90 Å². The van der Waals surface area contributed by atoms with E-state index in [0.29, 0.717) is 30.2 Å². The summed E-state index contributed by atoms with van der Waals surface area (Å²) in [6.45, 7) is 2.40. The molecule has 1 amide bonds. The fourth-order valence-electron chi connectivity index (χ4n) is 4.75. The zero-order valence-electron chi connectivity index (χ0n) is 19.6. The van der Waals surface area contributed by atoms with Gasteiger partial charge < -0.3 is 19.2 Å². The summed E-state index contributed by atoms with van der Waals surface area (Å²) in [6, 6.07) is 17.5. The minimum Gasteiger partial charge on any atom is -0.399 e. The largest absolute Gasteiger partial charge is 0.399 e. The second kappa shape index (κ2) is 9.77. The molecule has 2 saturated heterocycles. The number of nitrogens with zero attached hydrogens (tertiary/aromatic N) is 5. The quantitative estimate of drug-likeness (QED) is 0.534. The molecule has 2 aliphatic heterocycles. The van der Waals surface area contributed by atoms with Gasteiger partial charge in [0.05, 0.1) is 12.3 Å². The van der Waals surface area contributed by atoms with Crippen LogP contribution in [0.3, 0.4) is 0 Å². The van der Waals surface area contributed by atoms with Crippen molar-refractivity contribution in [3.05, 3.63) is 71.9 Å². The fourth-order valence-corrected chi connectivity index (χ4v) is 4.75. The molecule has 3 heterocycles. The summed E-state index contributed by atoms with van der Waals surface area (Å²) >= 11 is 0. The summed E-state index contributed by atoms with van der Waals surface area (Å²) in [4.78, 5) is 27.3. The van der Waals surface area contributed by atoms with E-state index in [1.807, 2.05) is 42.5 Å². The van der Waals surface area contributed by atoms with Crippen molar-refractivity contribution in [3.63, 3.8) is 0 Å². The summed E-state index contributed by atoms with van der Waals surface area (Å²) in [6.07, 6.45) is 2.51. The number of carbonyl (C=O) groups excluding carboxylic acids is 1. The molecular formula is C26H29N5O3. The van der Waals surface area contributed by atoms with Crippen LogP contribution >= 0.6 is 0 Å². The third-order valence-electron chi connectivity index (χ3n) is 6.70. The number of rotatable bonds is 5. The van der Waals surface area contributed by atoms with Gasteiger partial charge in [0.25, 0.3) is 5.91 Å². The SMILES string of the molecule is CO/N=C1\C[C@@H](c2noc(C3CCN(C)CC3)n2)N(C(=O)c2ccc(-c3ccccc3)cc2)C1. The zero-order valence-corrected chi connectivity index (χ0v) is 19.6. The van der Waals surface area contributed by atoms with Crippen molar-refractivity contribution in [1.29, 1.82) is 0 Å². The molecule has 2 aromatic carbocycles. The third kappa shape index (κ3) is 4.59. The van der Waals surface area contributed by atoms with E-state index >= 15 is 0 Å². The molecule has 0 aliphatic carbocycles. The van der Waals surface area contributed by atoms with Crippen LogP contribution < -0.4 is 0 Å². The molecule has 0 saturated carbocycles. The lowest BCUT2D eigenvalue weighted by molar-refractivity contribution is 0.0732. The molecule has 1 aromatic heterocycles. The average Bonchev–Trinajstić information content (AvgIpc) is 3.53. The summed E-state index contributed by atoms with van der Waals surface area (Å²) in [7, 11) is 3.64. The number of hydrogen-bond acceptors (Lipinski definition) is 7. The van der Waals surface area contributed by atoms with Gasteiger partial charge in [-0.15, -0.1) is 0 Å². The average molecular weight is 460 g/mol. The standard InChI is InChI=1S/C26H29N5O3/c1-30-14-12-20(13-15-30)25-27-24(29-34-25)23-16-22(28-33-2)17-31(23)26(32)21-10-8-19(9-11-21)18-6-4-3-5-7-18/h3-11,20,23H,12-17H2,1-2H3/b28-22+/t23-/m0/s1. The van der Waals surface area contributed by atoms with E-state index in [-0.39, 0.29) is 17.9 Å². The lowest BCUT2D eigenvalue weighted by Gasteiger charge is -2.26. The van der Waals surface area contributed by atoms with E-state index in [4.69, 9.17) is 14.3 Å². The first-order chi connectivity index (χ1) is 16.6. The first-order valence-electron chi connectivity index (χ1n) is 11.7. The van der Waals surface area contributed by atoms with Crippen molar-refractivity contribution < 1.29 is 14.2 Å². The van der Waals surface area contributed by atoms with Crippen LogP contribution in [0.2, 0.25) is 0 Å². The van der Waals surface area contributed by atoms with Crippen molar-refractivity contribution in [2.24, 2.45) is 5.16 Å². The first-order valence-corrected chi connectivity index (χ1v) is 11.7. The van der Waals surface area contributed by atoms with Crippen LogP contribution in [0.15, 0.2) is 64.3 Å². The number of hydrogen-bond donors (Lipinski definition) is 0. The number of likely N-dealkylation sites (tertiary alicyclic amines) is 2. The van der Waals surface area contributed by atoms with Crippen molar-refractivity contribution in [2.75, 3.05) is 33.8 Å². The van der Waals surface area contributed by atoms with E-state index in [9.17, 15) is 4.79 Å². The molecule has 1 atom stereocenters. The highest BCUT2D eigenvalue weighted by Crippen LogP contribution is 2.33. The first kappa shape index (κ1) is 22.3. The van der Waals surface area contributed by atoms with Crippen molar-refractivity contribution in [1.82, 2.24) is 19.9 Å². The molecule has 0 bridgehead atoms. The monoisotopic (exact) mass is 459 g/mol. The molecule has 176 valence electrons. The van der Waals surface area contributed by atoms with Crippen LogP contribution in [0, 0.1) is 0 Å². The predicted molar refractivity (Wildman–Crippen MR) is 128 cm³/mol. The molecule has 2 fully saturated rings. The normalized spacial score (nSPS) is 20.7. The zero-order chi connectivity index (χ0) is 23.5. The van der Waals surface area contributed by atoms with Crippen molar-refractivity contribution in [2.45, 2.75) is 31.2 Å². The van der Waals surface area contributed by atoms with Gasteiger partial charge in [-0.25, -0.2) is 0 Å². The lowest BCUT2D eigenvalue weighted by atomic mass is 9.97. The Kier molecular flexibility index (Phi) is 6.40. The van der Waals surface area contributed by atoms with Gasteiger partial charge in [0.2, 0.25) is 5.89 Å². The van der Waals surface area contributed by atoms with Gasteiger partial charge in [-0.3, -0.25) is 4.79 Å². The third-order valence-corrected chi connectivity index (χ3v) is 6.70. The molecule has 3 aromatic rings. The van der Waals surface area contributed by atoms with Crippen LogP contribution in [0.25, 0.3) is 11.1 Å². The highest BCUT2D eigenvalue weighted by molar-refractivity contribution is 6.00. The second-order valence-corrected chi connectivity index (χ2v) is 9.00. The molecule has 0 radical (unpaired) electrons. The molecule has 8 nitrogen and oxygen atoms in total. The van der Waals surface area contributed by atoms with Crippen LogP contribution in [-0.2, 0) is 4.84 Å². The minimum absolute atomic E-state index is 0.0865. The number of aromatic nitrogens is 2. The van der Waals surface area contributed by atoms with Gasteiger partial charge in [0.1, 0.15) is 13.2 Å². The van der Waals surface area contributed by atoms with E-state index < -0.39 is 0 Å². The second-order valence-electron chi connectivity index (χ2n) is 9.00. The van der Waals surface area contributed by atoms with Crippen molar-refractivity contribution in [3.8, 4) is 11.1 Å². The number of piperidine rings is 1. The summed E-state index contributed by atoms with van der Waals surface area (Å²) in [5.74, 6) is 1.38. The maximum absolute atomic E-state index is 13.5. The van der Waals surface area contributed by atoms with Gasteiger partial charge in [-0.1, -0.05) is 52.8 Å². The number of amides is 1. The Labute approximate surface area is 199 Å². The van der Waals surface area contributed by atoms with Crippen LogP contribution in [0.5, 0.6) is 0 Å². The number of carbonyl (C=O) groups is 1. The van der Waals surface area contributed by atoms with Crippen molar-refractivity contribution >= 4 is 11.6 Å². The van der Waals surface area contributed by atoms with E-state index in [1.165, 1.54) is 7.11 Å². The summed E-state index contributed by atoms with van der Waals surface area (Å²) < 4.78 is 5.66. The molecule has 8 heteroatoms. The lowest BCUT2D eigenvalue weighted by Crippen LogP contribution is -2.32. The Morgan fingerprint density at radius 1 is 1.06 bits per heavy atom. The molecule has 5 rings (SSSR count). The smallest absolute Gasteiger partial charge is 0.254 e. The number of oxime groups is 1. The molecule has 2 aliphatic rings. The van der Waals surface area contributed by atoms with Gasteiger partial charge in [0, 0.05) is 17.9 Å². The van der Waals surface area contributed by atoms with Gasteiger partial charge in [-0.2, -0.15) is 4.98 Å². The molecule has 0 unspecified atom stereocenters. The highest BCUT2D eigenvalue weighted by Gasteiger charge is 2.38. The Morgan fingerprint density at radius 2 is 1.76 bits per heavy atom. The molecule has 0 spiro atoms. The Morgan fingerprint density at radius 3 is 2.47 bits per heavy atom. The van der Waals surface area contributed by atoms with Gasteiger partial charge in [0.15, 0.2) is 5.82 Å². The predicted octanol–water partition coefficient (Wildman–Crippen LogP) is 4.14. The number of benzene rings is 2. The van der Waals surface area contributed by atoms with E-state index in [0.717, 1.165) is 42.8 Å². The van der Waals surface area contributed by atoms with Crippen LogP contribution in [0.1, 0.15) is 53.3 Å². The fraction of sp³-hybridized carbons (Fsp3) is 0.385. The summed E-state index contributed by atoms with van der Waals surface area (Å²) in [5, 5.41) is 8.39. The van der Waals surface area contributed by atoms with E-state index in [2.05, 4.69) is 34.4 Å². The highest BCUT2D eigenvalue weighted by atomic mass is 16.6. The van der Waals surface area contributed by atoms with Gasteiger partial charge in [-0.05, 0) is 56.2 Å². The molecule has 34 heavy (non-hydrogen) atoms. The molecule has 0 N–H and O–H groups in total.